The monoisotopic (exact) mass is 305 g/mol. The van der Waals surface area contributed by atoms with Gasteiger partial charge in [-0.2, -0.15) is 0 Å². The lowest BCUT2D eigenvalue weighted by Gasteiger charge is -2.23. The van der Waals surface area contributed by atoms with Crippen molar-refractivity contribution < 1.29 is 4.74 Å². The first-order valence-corrected chi connectivity index (χ1v) is 6.49. The van der Waals surface area contributed by atoms with Gasteiger partial charge in [0.05, 0.1) is 7.11 Å². The van der Waals surface area contributed by atoms with E-state index in [9.17, 15) is 0 Å². The Morgan fingerprint density at radius 2 is 2.19 bits per heavy atom. The average Bonchev–Trinajstić information content (AvgIpc) is 2.30. The predicted octanol–water partition coefficient (Wildman–Crippen LogP) is 3.52. The Labute approximate surface area is 111 Å². The third-order valence-electron chi connectivity index (χ3n) is 2.65. The number of halogens is 2. The Bertz CT molecular complexity index is 346. The van der Waals surface area contributed by atoms with E-state index in [1.54, 1.807) is 7.11 Å². The molecule has 0 aliphatic rings. The van der Waals surface area contributed by atoms with Crippen LogP contribution < -0.4 is 4.74 Å². The van der Waals surface area contributed by atoms with Crippen molar-refractivity contribution in [3.8, 4) is 5.75 Å². The first kappa shape index (κ1) is 13.8. The fourth-order valence-electron chi connectivity index (χ4n) is 1.34. The maximum Gasteiger partial charge on any atom is 0.119 e. The summed E-state index contributed by atoms with van der Waals surface area (Å²) in [4.78, 5) is 2.21. The molecule has 4 heteroatoms. The molecule has 0 spiro atoms. The maximum absolute atomic E-state index is 5.83. The lowest BCUT2D eigenvalue weighted by molar-refractivity contribution is 0.267. The molecule has 0 N–H and O–H groups in total. The molecule has 0 aliphatic carbocycles. The molecular formula is C12H17BrClNO. The minimum Gasteiger partial charge on any atom is -0.497 e. The van der Waals surface area contributed by atoms with Gasteiger partial charge in [0.15, 0.2) is 0 Å². The van der Waals surface area contributed by atoms with Crippen molar-refractivity contribution in [3.05, 3.63) is 28.2 Å². The van der Waals surface area contributed by atoms with Gasteiger partial charge in [0, 0.05) is 22.9 Å². The molecule has 0 saturated heterocycles. The Morgan fingerprint density at radius 3 is 2.75 bits per heavy atom. The SMILES string of the molecule is COc1ccc(Br)c(CN(C)C(C)CCl)c1. The zero-order chi connectivity index (χ0) is 12.1. The summed E-state index contributed by atoms with van der Waals surface area (Å²) in [6.07, 6.45) is 0. The molecule has 0 fully saturated rings. The van der Waals surface area contributed by atoms with Gasteiger partial charge in [-0.3, -0.25) is 4.90 Å². The molecule has 0 saturated carbocycles. The van der Waals surface area contributed by atoms with E-state index >= 15 is 0 Å². The third-order valence-corrected chi connectivity index (χ3v) is 3.87. The van der Waals surface area contributed by atoms with Crippen molar-refractivity contribution in [2.24, 2.45) is 0 Å². The number of nitrogens with zero attached hydrogens (tertiary/aromatic N) is 1. The molecule has 1 atom stereocenters. The van der Waals surface area contributed by atoms with E-state index in [1.165, 1.54) is 5.56 Å². The van der Waals surface area contributed by atoms with Gasteiger partial charge in [0.25, 0.3) is 0 Å². The van der Waals surface area contributed by atoms with Crippen LogP contribution in [0, 0.1) is 0 Å². The van der Waals surface area contributed by atoms with Gasteiger partial charge in [-0.15, -0.1) is 11.6 Å². The van der Waals surface area contributed by atoms with E-state index in [1.807, 2.05) is 18.2 Å². The highest BCUT2D eigenvalue weighted by Crippen LogP contribution is 2.24. The van der Waals surface area contributed by atoms with Crippen LogP contribution in [0.3, 0.4) is 0 Å². The Hall–Kier alpha value is -0.250. The first-order valence-electron chi connectivity index (χ1n) is 5.17. The van der Waals surface area contributed by atoms with Crippen LogP contribution in [0.25, 0.3) is 0 Å². The van der Waals surface area contributed by atoms with Crippen molar-refractivity contribution in [3.63, 3.8) is 0 Å². The summed E-state index contributed by atoms with van der Waals surface area (Å²) in [5.41, 5.74) is 1.21. The quantitative estimate of drug-likeness (QED) is 0.772. The zero-order valence-electron chi connectivity index (χ0n) is 9.84. The summed E-state index contributed by atoms with van der Waals surface area (Å²) in [5.74, 6) is 1.52. The van der Waals surface area contributed by atoms with Crippen LogP contribution in [0.1, 0.15) is 12.5 Å². The van der Waals surface area contributed by atoms with Gasteiger partial charge in [-0.05, 0) is 37.7 Å². The zero-order valence-corrected chi connectivity index (χ0v) is 12.2. The number of ether oxygens (including phenoxy) is 1. The summed E-state index contributed by atoms with van der Waals surface area (Å²) >= 11 is 9.38. The standard InChI is InChI=1S/C12H17BrClNO/c1-9(7-14)15(2)8-10-6-11(16-3)4-5-12(10)13/h4-6,9H,7-8H2,1-3H3. The topological polar surface area (TPSA) is 12.5 Å². The second kappa shape index (κ2) is 6.48. The predicted molar refractivity (Wildman–Crippen MR) is 72.3 cm³/mol. The largest absolute Gasteiger partial charge is 0.497 e. The molecule has 0 amide bonds. The van der Waals surface area contributed by atoms with Gasteiger partial charge < -0.3 is 4.74 Å². The van der Waals surface area contributed by atoms with Crippen LogP contribution in [0.4, 0.5) is 0 Å². The number of alkyl halides is 1. The van der Waals surface area contributed by atoms with Crippen LogP contribution in [0.15, 0.2) is 22.7 Å². The van der Waals surface area contributed by atoms with E-state index in [4.69, 9.17) is 16.3 Å². The van der Waals surface area contributed by atoms with Gasteiger partial charge >= 0.3 is 0 Å². The number of benzene rings is 1. The molecule has 0 heterocycles. The van der Waals surface area contributed by atoms with Crippen LogP contribution in [-0.4, -0.2) is 31.0 Å². The van der Waals surface area contributed by atoms with Crippen LogP contribution in [0.2, 0.25) is 0 Å². The normalized spacial score (nSPS) is 12.9. The second-order valence-electron chi connectivity index (χ2n) is 3.88. The maximum atomic E-state index is 5.83. The van der Waals surface area contributed by atoms with Crippen LogP contribution in [-0.2, 0) is 6.54 Å². The smallest absolute Gasteiger partial charge is 0.119 e. The molecule has 2 nitrogen and oxygen atoms in total. The summed E-state index contributed by atoms with van der Waals surface area (Å²) < 4.78 is 6.31. The van der Waals surface area contributed by atoms with E-state index < -0.39 is 0 Å². The fourth-order valence-corrected chi connectivity index (χ4v) is 1.95. The van der Waals surface area contributed by atoms with Crippen LogP contribution >= 0.6 is 27.5 Å². The molecule has 1 rings (SSSR count). The summed E-state index contributed by atoms with van der Waals surface area (Å²) in [6.45, 7) is 2.97. The number of hydrogen-bond donors (Lipinski definition) is 0. The van der Waals surface area contributed by atoms with E-state index in [0.717, 1.165) is 16.8 Å². The number of hydrogen-bond acceptors (Lipinski definition) is 2. The van der Waals surface area contributed by atoms with Crippen molar-refractivity contribution in [1.82, 2.24) is 4.90 Å². The molecular weight excluding hydrogens is 289 g/mol. The Morgan fingerprint density at radius 1 is 1.50 bits per heavy atom. The second-order valence-corrected chi connectivity index (χ2v) is 5.04. The van der Waals surface area contributed by atoms with Gasteiger partial charge in [0.2, 0.25) is 0 Å². The van der Waals surface area contributed by atoms with E-state index in [-0.39, 0.29) is 0 Å². The summed E-state index contributed by atoms with van der Waals surface area (Å²) in [6, 6.07) is 6.35. The molecule has 0 radical (unpaired) electrons. The molecule has 1 unspecified atom stereocenters. The van der Waals surface area contributed by atoms with Crippen LogP contribution in [0.5, 0.6) is 5.75 Å². The van der Waals surface area contributed by atoms with E-state index in [2.05, 4.69) is 34.8 Å². The van der Waals surface area contributed by atoms with Crippen molar-refractivity contribution in [2.75, 3.05) is 20.0 Å². The Kier molecular flexibility index (Phi) is 5.59. The number of rotatable bonds is 5. The van der Waals surface area contributed by atoms with Crippen molar-refractivity contribution >= 4 is 27.5 Å². The fraction of sp³-hybridized carbons (Fsp3) is 0.500. The van der Waals surface area contributed by atoms with Gasteiger partial charge in [-0.25, -0.2) is 0 Å². The number of methoxy groups -OCH3 is 1. The van der Waals surface area contributed by atoms with E-state index in [0.29, 0.717) is 11.9 Å². The summed E-state index contributed by atoms with van der Waals surface area (Å²) in [7, 11) is 3.75. The Balaban J connectivity index is 2.79. The molecule has 0 aliphatic heterocycles. The average molecular weight is 307 g/mol. The molecule has 16 heavy (non-hydrogen) atoms. The van der Waals surface area contributed by atoms with Gasteiger partial charge in [-0.1, -0.05) is 15.9 Å². The highest BCUT2D eigenvalue weighted by molar-refractivity contribution is 9.10. The molecule has 0 aromatic heterocycles. The molecule has 1 aromatic carbocycles. The molecule has 0 bridgehead atoms. The first-order chi connectivity index (χ1) is 7.58. The highest BCUT2D eigenvalue weighted by atomic mass is 79.9. The molecule has 1 aromatic rings. The summed E-state index contributed by atoms with van der Waals surface area (Å²) in [5, 5.41) is 0. The third kappa shape index (κ3) is 3.65. The minimum atomic E-state index is 0.361. The lowest BCUT2D eigenvalue weighted by atomic mass is 10.2. The lowest BCUT2D eigenvalue weighted by Crippen LogP contribution is -2.29. The minimum absolute atomic E-state index is 0.361. The van der Waals surface area contributed by atoms with Gasteiger partial charge in [0.1, 0.15) is 5.75 Å². The molecule has 90 valence electrons. The highest BCUT2D eigenvalue weighted by Gasteiger charge is 2.10. The van der Waals surface area contributed by atoms with Crippen molar-refractivity contribution in [2.45, 2.75) is 19.5 Å². The van der Waals surface area contributed by atoms with Crippen molar-refractivity contribution in [1.29, 1.82) is 0 Å².